The molecule has 2 nitrogen and oxygen atoms in total. The Morgan fingerprint density at radius 3 is 2.60 bits per heavy atom. The van der Waals surface area contributed by atoms with Crippen LogP contribution in [0.15, 0.2) is 22.8 Å². The van der Waals surface area contributed by atoms with Gasteiger partial charge in [-0.15, -0.1) is 0 Å². The van der Waals surface area contributed by atoms with E-state index in [0.717, 1.165) is 22.7 Å². The second-order valence-electron chi connectivity index (χ2n) is 6.39. The van der Waals surface area contributed by atoms with Crippen LogP contribution >= 0.6 is 15.9 Å². The minimum absolute atomic E-state index is 0.588. The monoisotopic (exact) mass is 338 g/mol. The molecular formula is C17H27BrN2. The second-order valence-corrected chi connectivity index (χ2v) is 7.31. The van der Waals surface area contributed by atoms with Gasteiger partial charge in [-0.1, -0.05) is 33.1 Å². The Balaban J connectivity index is 1.98. The van der Waals surface area contributed by atoms with Crippen molar-refractivity contribution in [1.29, 1.82) is 0 Å². The van der Waals surface area contributed by atoms with Crippen molar-refractivity contribution in [1.82, 2.24) is 10.3 Å². The molecule has 1 aliphatic rings. The lowest BCUT2D eigenvalue weighted by molar-refractivity contribution is 0.289. The Kier molecular flexibility index (Phi) is 6.50. The number of rotatable bonds is 5. The maximum absolute atomic E-state index is 4.57. The van der Waals surface area contributed by atoms with E-state index in [1.54, 1.807) is 0 Å². The number of aromatic nitrogens is 1. The molecule has 1 N–H and O–H groups in total. The molecule has 20 heavy (non-hydrogen) atoms. The maximum Gasteiger partial charge on any atom is 0.0413 e. The summed E-state index contributed by atoms with van der Waals surface area (Å²) in [4.78, 5) is 4.57. The molecule has 2 rings (SSSR count). The highest BCUT2D eigenvalue weighted by atomic mass is 79.9. The van der Waals surface area contributed by atoms with E-state index in [0.29, 0.717) is 6.04 Å². The summed E-state index contributed by atoms with van der Waals surface area (Å²) in [6.45, 7) is 5.64. The number of hydrogen-bond acceptors (Lipinski definition) is 2. The van der Waals surface area contributed by atoms with Crippen LogP contribution in [0.25, 0.3) is 0 Å². The maximum atomic E-state index is 4.57. The zero-order chi connectivity index (χ0) is 14.4. The van der Waals surface area contributed by atoms with Gasteiger partial charge in [-0.25, -0.2) is 0 Å². The average molecular weight is 339 g/mol. The van der Waals surface area contributed by atoms with Crippen LogP contribution in [0.2, 0.25) is 0 Å². The van der Waals surface area contributed by atoms with E-state index < -0.39 is 0 Å². The Morgan fingerprint density at radius 2 is 1.95 bits per heavy atom. The summed E-state index contributed by atoms with van der Waals surface area (Å²) >= 11 is 3.46. The van der Waals surface area contributed by atoms with Gasteiger partial charge < -0.3 is 5.32 Å². The molecule has 0 aliphatic heterocycles. The summed E-state index contributed by atoms with van der Waals surface area (Å²) in [5, 5.41) is 3.64. The van der Waals surface area contributed by atoms with Crippen molar-refractivity contribution in [2.75, 3.05) is 6.54 Å². The van der Waals surface area contributed by atoms with Crippen molar-refractivity contribution in [3.8, 4) is 0 Å². The van der Waals surface area contributed by atoms with Crippen molar-refractivity contribution < 1.29 is 0 Å². The average Bonchev–Trinajstić information content (AvgIpc) is 2.64. The van der Waals surface area contributed by atoms with Gasteiger partial charge in [0, 0.05) is 22.4 Å². The van der Waals surface area contributed by atoms with Gasteiger partial charge in [0.2, 0.25) is 0 Å². The summed E-state index contributed by atoms with van der Waals surface area (Å²) in [5.74, 6) is 1.60. The largest absolute Gasteiger partial charge is 0.314 e. The Bertz CT molecular complexity index is 388. The smallest absolute Gasteiger partial charge is 0.0413 e. The molecule has 1 fully saturated rings. The number of nitrogens with one attached hydrogen (secondary N) is 1. The summed E-state index contributed by atoms with van der Waals surface area (Å²) in [5.41, 5.74) is 1.25. The molecule has 2 atom stereocenters. The van der Waals surface area contributed by atoms with Gasteiger partial charge in [0.15, 0.2) is 0 Å². The van der Waals surface area contributed by atoms with Crippen LogP contribution in [0.4, 0.5) is 0 Å². The van der Waals surface area contributed by atoms with Gasteiger partial charge in [0.25, 0.3) is 0 Å². The first-order valence-electron chi connectivity index (χ1n) is 7.99. The van der Waals surface area contributed by atoms with E-state index in [9.17, 15) is 0 Å². The van der Waals surface area contributed by atoms with E-state index in [2.05, 4.69) is 52.2 Å². The highest BCUT2D eigenvalue weighted by molar-refractivity contribution is 9.10. The third-order valence-electron chi connectivity index (χ3n) is 4.36. The fourth-order valence-corrected chi connectivity index (χ4v) is 3.42. The van der Waals surface area contributed by atoms with Crippen LogP contribution in [0.3, 0.4) is 0 Å². The van der Waals surface area contributed by atoms with Gasteiger partial charge in [0.05, 0.1) is 0 Å². The van der Waals surface area contributed by atoms with Gasteiger partial charge in [0.1, 0.15) is 0 Å². The van der Waals surface area contributed by atoms with Gasteiger partial charge in [-0.2, -0.15) is 0 Å². The van der Waals surface area contributed by atoms with Crippen molar-refractivity contribution in [3.63, 3.8) is 0 Å². The molecule has 0 saturated heterocycles. The molecule has 0 aromatic carbocycles. The highest BCUT2D eigenvalue weighted by Gasteiger charge is 2.24. The quantitative estimate of drug-likeness (QED) is 0.794. The molecule has 0 spiro atoms. The van der Waals surface area contributed by atoms with Crippen molar-refractivity contribution >= 4 is 15.9 Å². The molecule has 1 aromatic rings. The normalized spacial score (nSPS) is 23.8. The molecule has 1 heterocycles. The number of halogens is 1. The van der Waals surface area contributed by atoms with E-state index in [1.807, 2.05) is 6.20 Å². The van der Waals surface area contributed by atoms with Gasteiger partial charge >= 0.3 is 0 Å². The summed E-state index contributed by atoms with van der Waals surface area (Å²) in [7, 11) is 0. The molecule has 1 aliphatic carbocycles. The summed E-state index contributed by atoms with van der Waals surface area (Å²) < 4.78 is 1.07. The standard InChI is InChI=1S/C17H27BrN2/c1-13(2)19-11-15-7-5-3-4-6-14(15)10-17-9-8-16(18)12-20-17/h8-9,12-15,19H,3-7,10-11H2,1-2H3. The third kappa shape index (κ3) is 5.17. The molecule has 1 aromatic heterocycles. The lowest BCUT2D eigenvalue weighted by Gasteiger charge is -2.26. The molecule has 3 heteroatoms. The second kappa shape index (κ2) is 8.14. The molecular weight excluding hydrogens is 312 g/mol. The Morgan fingerprint density at radius 1 is 1.20 bits per heavy atom. The summed E-state index contributed by atoms with van der Waals surface area (Å²) in [6, 6.07) is 4.87. The zero-order valence-electron chi connectivity index (χ0n) is 12.7. The fourth-order valence-electron chi connectivity index (χ4n) is 3.18. The predicted octanol–water partition coefficient (Wildman–Crippen LogP) is 4.58. The van der Waals surface area contributed by atoms with Gasteiger partial charge in [-0.3, -0.25) is 4.98 Å². The summed E-state index contributed by atoms with van der Waals surface area (Å²) in [6.07, 6.45) is 9.99. The first-order chi connectivity index (χ1) is 9.65. The van der Waals surface area contributed by atoms with E-state index >= 15 is 0 Å². The van der Waals surface area contributed by atoms with Crippen LogP contribution < -0.4 is 5.32 Å². The Labute approximate surface area is 131 Å². The fraction of sp³-hybridized carbons (Fsp3) is 0.706. The van der Waals surface area contributed by atoms with Crippen LogP contribution in [0, 0.1) is 11.8 Å². The minimum atomic E-state index is 0.588. The number of nitrogens with zero attached hydrogens (tertiary/aromatic N) is 1. The van der Waals surface area contributed by atoms with Crippen molar-refractivity contribution in [2.24, 2.45) is 11.8 Å². The van der Waals surface area contributed by atoms with Crippen LogP contribution in [0.5, 0.6) is 0 Å². The van der Waals surface area contributed by atoms with Crippen LogP contribution in [-0.2, 0) is 6.42 Å². The Hall–Kier alpha value is -0.410. The van der Waals surface area contributed by atoms with Crippen LogP contribution in [-0.4, -0.2) is 17.6 Å². The SMILES string of the molecule is CC(C)NCC1CCCCCC1Cc1ccc(Br)cn1. The number of pyridine rings is 1. The molecule has 1 saturated carbocycles. The molecule has 0 bridgehead atoms. The molecule has 2 unspecified atom stereocenters. The minimum Gasteiger partial charge on any atom is -0.314 e. The predicted molar refractivity (Wildman–Crippen MR) is 88.8 cm³/mol. The third-order valence-corrected chi connectivity index (χ3v) is 4.83. The first-order valence-corrected chi connectivity index (χ1v) is 8.78. The van der Waals surface area contributed by atoms with E-state index in [-0.39, 0.29) is 0 Å². The lowest BCUT2D eigenvalue weighted by atomic mass is 9.84. The molecule has 0 amide bonds. The molecule has 0 radical (unpaired) electrons. The zero-order valence-corrected chi connectivity index (χ0v) is 14.3. The number of hydrogen-bond donors (Lipinski definition) is 1. The topological polar surface area (TPSA) is 24.9 Å². The van der Waals surface area contributed by atoms with E-state index in [4.69, 9.17) is 0 Å². The first kappa shape index (κ1) is 16.0. The lowest BCUT2D eigenvalue weighted by Crippen LogP contribution is -2.33. The van der Waals surface area contributed by atoms with E-state index in [1.165, 1.54) is 44.3 Å². The van der Waals surface area contributed by atoms with Crippen LogP contribution in [0.1, 0.15) is 51.6 Å². The van der Waals surface area contributed by atoms with Crippen molar-refractivity contribution in [3.05, 3.63) is 28.5 Å². The highest BCUT2D eigenvalue weighted by Crippen LogP contribution is 2.31. The molecule has 112 valence electrons. The van der Waals surface area contributed by atoms with Crippen molar-refractivity contribution in [2.45, 2.75) is 58.4 Å². The van der Waals surface area contributed by atoms with Gasteiger partial charge in [-0.05, 0) is 65.7 Å².